The van der Waals surface area contributed by atoms with Crippen LogP contribution in [0.3, 0.4) is 0 Å². The number of hydrogen-bond acceptors (Lipinski definition) is 3. The van der Waals surface area contributed by atoms with Gasteiger partial charge < -0.3 is 5.11 Å². The van der Waals surface area contributed by atoms with E-state index >= 15 is 0 Å². The summed E-state index contributed by atoms with van der Waals surface area (Å²) in [5, 5.41) is 18.0. The highest BCUT2D eigenvalue weighted by Gasteiger charge is 2.14. The summed E-state index contributed by atoms with van der Waals surface area (Å²) in [5.41, 5.74) is 0.759. The Morgan fingerprint density at radius 2 is 2.11 bits per heavy atom. The number of nitrogens with zero attached hydrogens (tertiary/aromatic N) is 4. The smallest absolute Gasteiger partial charge is 0.259 e. The van der Waals surface area contributed by atoms with Crippen LogP contribution >= 0.6 is 0 Å². The Kier molecular flexibility index (Phi) is 3.72. The molecule has 0 bridgehead atoms. The highest BCUT2D eigenvalue weighted by molar-refractivity contribution is 5.68. The zero-order chi connectivity index (χ0) is 13.0. The Morgan fingerprint density at radius 1 is 1.39 bits per heavy atom. The molecule has 94 valence electrons. The number of aliphatic hydroxyl groups excluding tert-OH is 1. The van der Waals surface area contributed by atoms with Gasteiger partial charge in [0, 0.05) is 12.5 Å². The lowest BCUT2D eigenvalue weighted by Crippen LogP contribution is -2.38. The van der Waals surface area contributed by atoms with E-state index in [9.17, 15) is 5.11 Å². The molecule has 0 saturated heterocycles. The first kappa shape index (κ1) is 12.3. The lowest BCUT2D eigenvalue weighted by molar-refractivity contribution is -0.759. The standard InChI is InChI=1S/C13H16N4O/c1-3-9-16-11(2)17(15-14-16)10-13(18)12-7-5-4-6-8-12/h4-8,10H,3,9H2,1-2H3/p+1/b13-10-. The van der Waals surface area contributed by atoms with Crippen molar-refractivity contribution >= 4 is 12.0 Å². The second-order valence-electron chi connectivity index (χ2n) is 4.07. The van der Waals surface area contributed by atoms with Crippen molar-refractivity contribution in [2.45, 2.75) is 26.8 Å². The van der Waals surface area contributed by atoms with Gasteiger partial charge in [0.2, 0.25) is 0 Å². The molecule has 0 aliphatic rings. The number of aryl methyl sites for hydroxylation is 1. The quantitative estimate of drug-likeness (QED) is 0.660. The molecule has 0 radical (unpaired) electrons. The highest BCUT2D eigenvalue weighted by atomic mass is 16.3. The van der Waals surface area contributed by atoms with Crippen LogP contribution in [0.4, 0.5) is 0 Å². The number of hydrogen-bond donors (Lipinski definition) is 1. The van der Waals surface area contributed by atoms with Crippen molar-refractivity contribution in [3.8, 4) is 0 Å². The minimum Gasteiger partial charge on any atom is -0.504 e. The average molecular weight is 245 g/mol. The largest absolute Gasteiger partial charge is 0.504 e. The van der Waals surface area contributed by atoms with Gasteiger partial charge in [-0.1, -0.05) is 41.9 Å². The third-order valence-corrected chi connectivity index (χ3v) is 2.70. The molecular formula is C13H17N4O+. The predicted molar refractivity (Wildman–Crippen MR) is 68.5 cm³/mol. The summed E-state index contributed by atoms with van der Waals surface area (Å²) in [4.78, 5) is 0. The summed E-state index contributed by atoms with van der Waals surface area (Å²) in [5.74, 6) is 1.06. The van der Waals surface area contributed by atoms with Crippen LogP contribution in [0.15, 0.2) is 30.3 Å². The van der Waals surface area contributed by atoms with E-state index < -0.39 is 0 Å². The molecule has 0 spiro atoms. The Balaban J connectivity index is 2.28. The Hall–Kier alpha value is -2.17. The molecule has 2 aromatic rings. The van der Waals surface area contributed by atoms with Gasteiger partial charge in [-0.15, -0.1) is 4.68 Å². The fourth-order valence-electron chi connectivity index (χ4n) is 1.68. The fraction of sp³-hybridized carbons (Fsp3) is 0.308. The van der Waals surface area contributed by atoms with Gasteiger partial charge in [-0.3, -0.25) is 0 Å². The number of benzene rings is 1. The van der Waals surface area contributed by atoms with Gasteiger partial charge in [-0.2, -0.15) is 0 Å². The summed E-state index contributed by atoms with van der Waals surface area (Å²) in [6.45, 7) is 4.83. The van der Waals surface area contributed by atoms with Crippen LogP contribution in [0.5, 0.6) is 0 Å². The van der Waals surface area contributed by atoms with E-state index in [0.717, 1.165) is 24.4 Å². The lowest BCUT2D eigenvalue weighted by Gasteiger charge is -1.97. The Bertz CT molecular complexity index is 545. The molecule has 1 aromatic carbocycles. The first-order valence-corrected chi connectivity index (χ1v) is 6.00. The first-order valence-electron chi connectivity index (χ1n) is 6.00. The van der Waals surface area contributed by atoms with Crippen molar-refractivity contribution in [3.63, 3.8) is 0 Å². The maximum Gasteiger partial charge on any atom is 0.259 e. The average Bonchev–Trinajstić information content (AvgIpc) is 2.73. The molecule has 18 heavy (non-hydrogen) atoms. The molecule has 0 fully saturated rings. The van der Waals surface area contributed by atoms with E-state index in [4.69, 9.17) is 0 Å². The molecule has 1 N–H and O–H groups in total. The number of rotatable bonds is 4. The van der Waals surface area contributed by atoms with Gasteiger partial charge in [-0.05, 0) is 6.42 Å². The van der Waals surface area contributed by atoms with E-state index in [-0.39, 0.29) is 5.76 Å². The molecule has 0 aliphatic carbocycles. The number of aromatic nitrogens is 4. The van der Waals surface area contributed by atoms with E-state index in [1.807, 2.05) is 41.9 Å². The molecule has 5 heteroatoms. The molecule has 1 aromatic heterocycles. The minimum absolute atomic E-state index is 0.173. The molecule has 0 saturated carbocycles. The number of tetrazole rings is 1. The zero-order valence-corrected chi connectivity index (χ0v) is 10.6. The molecular weight excluding hydrogens is 228 g/mol. The SMILES string of the molecule is CCC[n+]1nnn(/C=C(\O)c2ccccc2)c1C. The maximum atomic E-state index is 10.0. The van der Waals surface area contributed by atoms with Crippen molar-refractivity contribution in [1.82, 2.24) is 15.1 Å². The van der Waals surface area contributed by atoms with E-state index in [1.54, 1.807) is 10.9 Å². The summed E-state index contributed by atoms with van der Waals surface area (Å²) >= 11 is 0. The lowest BCUT2D eigenvalue weighted by atomic mass is 10.2. The molecule has 0 aliphatic heterocycles. The van der Waals surface area contributed by atoms with Gasteiger partial charge in [0.15, 0.2) is 17.2 Å². The molecule has 0 unspecified atom stereocenters. The van der Waals surface area contributed by atoms with E-state index in [1.165, 1.54) is 0 Å². The van der Waals surface area contributed by atoms with Crippen LogP contribution in [0, 0.1) is 6.92 Å². The van der Waals surface area contributed by atoms with Crippen LogP contribution in [-0.4, -0.2) is 20.2 Å². The van der Waals surface area contributed by atoms with Crippen LogP contribution in [0.25, 0.3) is 12.0 Å². The van der Waals surface area contributed by atoms with Crippen molar-refractivity contribution in [3.05, 3.63) is 41.7 Å². The van der Waals surface area contributed by atoms with Crippen molar-refractivity contribution in [1.29, 1.82) is 0 Å². The van der Waals surface area contributed by atoms with E-state index in [2.05, 4.69) is 17.4 Å². The topological polar surface area (TPSA) is 54.8 Å². The fourth-order valence-corrected chi connectivity index (χ4v) is 1.68. The Labute approximate surface area is 106 Å². The van der Waals surface area contributed by atoms with Gasteiger partial charge in [-0.25, -0.2) is 0 Å². The van der Waals surface area contributed by atoms with Crippen LogP contribution in [0.1, 0.15) is 24.7 Å². The monoisotopic (exact) mass is 245 g/mol. The molecule has 5 nitrogen and oxygen atoms in total. The molecule has 1 heterocycles. The normalized spacial score (nSPS) is 11.8. The predicted octanol–water partition coefficient (Wildman–Crippen LogP) is 1.80. The van der Waals surface area contributed by atoms with Crippen molar-refractivity contribution in [2.75, 3.05) is 0 Å². The van der Waals surface area contributed by atoms with Crippen LogP contribution < -0.4 is 4.68 Å². The Morgan fingerprint density at radius 3 is 2.78 bits per heavy atom. The minimum atomic E-state index is 0.173. The van der Waals surface area contributed by atoms with Crippen molar-refractivity contribution < 1.29 is 9.79 Å². The summed E-state index contributed by atoms with van der Waals surface area (Å²) in [6, 6.07) is 9.36. The van der Waals surface area contributed by atoms with E-state index in [0.29, 0.717) is 0 Å². The van der Waals surface area contributed by atoms with Gasteiger partial charge in [0.1, 0.15) is 5.21 Å². The first-order chi connectivity index (χ1) is 8.72. The summed E-state index contributed by atoms with van der Waals surface area (Å²) < 4.78 is 3.40. The van der Waals surface area contributed by atoms with Crippen LogP contribution in [0.2, 0.25) is 0 Å². The summed E-state index contributed by atoms with van der Waals surface area (Å²) in [7, 11) is 0. The van der Waals surface area contributed by atoms with Gasteiger partial charge >= 0.3 is 0 Å². The molecule has 2 rings (SSSR count). The van der Waals surface area contributed by atoms with Crippen LogP contribution in [-0.2, 0) is 6.54 Å². The second-order valence-corrected chi connectivity index (χ2v) is 4.07. The van der Waals surface area contributed by atoms with Crippen molar-refractivity contribution in [2.24, 2.45) is 0 Å². The third-order valence-electron chi connectivity index (χ3n) is 2.70. The highest BCUT2D eigenvalue weighted by Crippen LogP contribution is 2.11. The molecule has 0 atom stereocenters. The summed E-state index contributed by atoms with van der Waals surface area (Å²) in [6.07, 6.45) is 2.57. The van der Waals surface area contributed by atoms with Gasteiger partial charge in [0.25, 0.3) is 5.82 Å². The van der Waals surface area contributed by atoms with Gasteiger partial charge in [0.05, 0.1) is 6.54 Å². The molecule has 0 amide bonds. The maximum absolute atomic E-state index is 10.0. The second kappa shape index (κ2) is 5.44. The zero-order valence-electron chi connectivity index (χ0n) is 10.6. The number of aliphatic hydroxyl groups is 1. The third kappa shape index (κ3) is 2.56.